The van der Waals surface area contributed by atoms with Gasteiger partial charge in [-0.2, -0.15) is 0 Å². The lowest BCUT2D eigenvalue weighted by Gasteiger charge is -2.35. The van der Waals surface area contributed by atoms with Crippen LogP contribution in [0, 0.1) is 12.7 Å². The van der Waals surface area contributed by atoms with Gasteiger partial charge in [0.25, 0.3) is 5.91 Å². The lowest BCUT2D eigenvalue weighted by Crippen LogP contribution is -2.52. The number of aryl methyl sites for hydroxylation is 1. The third-order valence-electron chi connectivity index (χ3n) is 4.10. The standard InChI is InChI=1S/C17H24FN3O3.ClH/c1-13-3-4-14(11-15(13)18)17(23)21-8-6-20(7-9-21)16(22)12-19-5-10-24-2;/h3-4,11,19H,5-10,12H2,1-2H3;1H. The van der Waals surface area contributed by atoms with Crippen molar-refractivity contribution in [2.24, 2.45) is 0 Å². The van der Waals surface area contributed by atoms with Crippen LogP contribution in [0.4, 0.5) is 4.39 Å². The Labute approximate surface area is 153 Å². The minimum absolute atomic E-state index is 0. The van der Waals surface area contributed by atoms with Gasteiger partial charge in [0.2, 0.25) is 5.91 Å². The number of hydrogen-bond donors (Lipinski definition) is 1. The maximum atomic E-state index is 13.6. The number of methoxy groups -OCH3 is 1. The molecule has 1 heterocycles. The van der Waals surface area contributed by atoms with Gasteiger partial charge in [-0.05, 0) is 24.6 Å². The molecule has 0 spiro atoms. The molecule has 6 nitrogen and oxygen atoms in total. The van der Waals surface area contributed by atoms with E-state index in [1.807, 2.05) is 0 Å². The normalized spacial score (nSPS) is 14.2. The number of nitrogens with one attached hydrogen (secondary N) is 1. The van der Waals surface area contributed by atoms with Crippen molar-refractivity contribution in [1.82, 2.24) is 15.1 Å². The summed E-state index contributed by atoms with van der Waals surface area (Å²) < 4.78 is 18.5. The molecule has 2 rings (SSSR count). The van der Waals surface area contributed by atoms with Gasteiger partial charge >= 0.3 is 0 Å². The minimum atomic E-state index is -0.378. The number of hydrogen-bond acceptors (Lipinski definition) is 4. The monoisotopic (exact) mass is 373 g/mol. The zero-order valence-corrected chi connectivity index (χ0v) is 15.4. The zero-order chi connectivity index (χ0) is 17.5. The van der Waals surface area contributed by atoms with Gasteiger partial charge in [0.15, 0.2) is 0 Å². The number of carbonyl (C=O) groups is 2. The second-order valence-electron chi connectivity index (χ2n) is 5.81. The molecule has 2 amide bonds. The highest BCUT2D eigenvalue weighted by Gasteiger charge is 2.24. The topological polar surface area (TPSA) is 61.9 Å². The molecule has 0 radical (unpaired) electrons. The largest absolute Gasteiger partial charge is 0.383 e. The first-order valence-electron chi connectivity index (χ1n) is 8.05. The van der Waals surface area contributed by atoms with Crippen LogP contribution in [0.1, 0.15) is 15.9 Å². The van der Waals surface area contributed by atoms with Gasteiger partial charge < -0.3 is 19.9 Å². The SMILES string of the molecule is COCCNCC(=O)N1CCN(C(=O)c2ccc(C)c(F)c2)CC1.Cl. The highest BCUT2D eigenvalue weighted by molar-refractivity contribution is 5.94. The van der Waals surface area contributed by atoms with Crippen LogP contribution in [0.15, 0.2) is 18.2 Å². The molecule has 0 aliphatic carbocycles. The van der Waals surface area contributed by atoms with E-state index in [0.29, 0.717) is 50.5 Å². The molecule has 0 bridgehead atoms. The molecule has 1 aromatic carbocycles. The van der Waals surface area contributed by atoms with E-state index in [1.165, 1.54) is 6.07 Å². The second-order valence-corrected chi connectivity index (χ2v) is 5.81. The van der Waals surface area contributed by atoms with E-state index in [1.54, 1.807) is 36.0 Å². The Morgan fingerprint density at radius 1 is 1.20 bits per heavy atom. The molecule has 1 saturated heterocycles. The number of benzene rings is 1. The Balaban J connectivity index is 0.00000312. The van der Waals surface area contributed by atoms with Gasteiger partial charge in [0.1, 0.15) is 5.82 Å². The van der Waals surface area contributed by atoms with Gasteiger partial charge in [-0.1, -0.05) is 6.07 Å². The summed E-state index contributed by atoms with van der Waals surface area (Å²) >= 11 is 0. The maximum Gasteiger partial charge on any atom is 0.254 e. The van der Waals surface area contributed by atoms with Crippen LogP contribution >= 0.6 is 12.4 Å². The van der Waals surface area contributed by atoms with Crippen LogP contribution in [0.2, 0.25) is 0 Å². The molecule has 140 valence electrons. The number of ether oxygens (including phenoxy) is 1. The highest BCUT2D eigenvalue weighted by atomic mass is 35.5. The molecule has 0 saturated carbocycles. The summed E-state index contributed by atoms with van der Waals surface area (Å²) in [4.78, 5) is 27.9. The lowest BCUT2D eigenvalue weighted by molar-refractivity contribution is -0.131. The van der Waals surface area contributed by atoms with E-state index >= 15 is 0 Å². The van der Waals surface area contributed by atoms with Crippen molar-refractivity contribution in [3.05, 3.63) is 35.1 Å². The fourth-order valence-corrected chi connectivity index (χ4v) is 2.55. The molecule has 1 fully saturated rings. The fourth-order valence-electron chi connectivity index (χ4n) is 2.55. The molecule has 25 heavy (non-hydrogen) atoms. The number of halogens is 2. The van der Waals surface area contributed by atoms with Crippen molar-refractivity contribution in [2.45, 2.75) is 6.92 Å². The average Bonchev–Trinajstić information content (AvgIpc) is 2.60. The highest BCUT2D eigenvalue weighted by Crippen LogP contribution is 2.13. The number of carbonyl (C=O) groups excluding carboxylic acids is 2. The van der Waals surface area contributed by atoms with Crippen LogP contribution in [-0.2, 0) is 9.53 Å². The average molecular weight is 374 g/mol. The maximum absolute atomic E-state index is 13.6. The summed E-state index contributed by atoms with van der Waals surface area (Å²) in [5, 5.41) is 3.02. The molecule has 1 N–H and O–H groups in total. The zero-order valence-electron chi connectivity index (χ0n) is 14.6. The molecule has 0 atom stereocenters. The third kappa shape index (κ3) is 5.95. The first-order chi connectivity index (χ1) is 11.5. The fraction of sp³-hybridized carbons (Fsp3) is 0.529. The van der Waals surface area contributed by atoms with E-state index in [2.05, 4.69) is 5.32 Å². The Hall–Kier alpha value is -1.70. The summed E-state index contributed by atoms with van der Waals surface area (Å²) in [5.74, 6) is -0.560. The van der Waals surface area contributed by atoms with E-state index < -0.39 is 0 Å². The van der Waals surface area contributed by atoms with Gasteiger partial charge in [0, 0.05) is 45.4 Å². The predicted molar refractivity (Wildman–Crippen MR) is 95.6 cm³/mol. The summed E-state index contributed by atoms with van der Waals surface area (Å²) in [5.41, 5.74) is 0.863. The van der Waals surface area contributed by atoms with E-state index in [4.69, 9.17) is 4.74 Å². The molecule has 1 aliphatic heterocycles. The van der Waals surface area contributed by atoms with Crippen LogP contribution < -0.4 is 5.32 Å². The molecule has 8 heteroatoms. The Morgan fingerprint density at radius 3 is 2.44 bits per heavy atom. The van der Waals surface area contributed by atoms with Crippen molar-refractivity contribution >= 4 is 24.2 Å². The molecule has 0 unspecified atom stereocenters. The van der Waals surface area contributed by atoms with Crippen molar-refractivity contribution in [3.63, 3.8) is 0 Å². The van der Waals surface area contributed by atoms with E-state index in [0.717, 1.165) is 0 Å². The van der Waals surface area contributed by atoms with Gasteiger partial charge in [-0.25, -0.2) is 4.39 Å². The van der Waals surface area contributed by atoms with Crippen LogP contribution in [0.25, 0.3) is 0 Å². The Morgan fingerprint density at radius 2 is 1.84 bits per heavy atom. The third-order valence-corrected chi connectivity index (χ3v) is 4.10. The van der Waals surface area contributed by atoms with Crippen LogP contribution in [-0.4, -0.2) is 74.6 Å². The van der Waals surface area contributed by atoms with Crippen molar-refractivity contribution < 1.29 is 18.7 Å². The van der Waals surface area contributed by atoms with Crippen molar-refractivity contribution in [3.8, 4) is 0 Å². The number of rotatable bonds is 6. The van der Waals surface area contributed by atoms with Gasteiger partial charge in [-0.15, -0.1) is 12.4 Å². The van der Waals surface area contributed by atoms with Crippen LogP contribution in [0.3, 0.4) is 0 Å². The van der Waals surface area contributed by atoms with Gasteiger partial charge in [-0.3, -0.25) is 9.59 Å². The summed E-state index contributed by atoms with van der Waals surface area (Å²) in [7, 11) is 1.61. The molecular weight excluding hydrogens is 349 g/mol. The molecule has 1 aromatic rings. The van der Waals surface area contributed by atoms with Crippen LogP contribution in [0.5, 0.6) is 0 Å². The summed E-state index contributed by atoms with van der Waals surface area (Å²) in [6, 6.07) is 4.51. The quantitative estimate of drug-likeness (QED) is 0.758. The lowest BCUT2D eigenvalue weighted by atomic mass is 10.1. The molecular formula is C17H25ClFN3O3. The first kappa shape index (κ1) is 21.3. The first-order valence-corrected chi connectivity index (χ1v) is 8.05. The van der Waals surface area contributed by atoms with Crippen molar-refractivity contribution in [1.29, 1.82) is 0 Å². The predicted octanol–water partition coefficient (Wildman–Crippen LogP) is 1.08. The number of amides is 2. The molecule has 0 aromatic heterocycles. The summed E-state index contributed by atoms with van der Waals surface area (Å²) in [6.45, 7) is 5.00. The number of nitrogens with zero attached hydrogens (tertiary/aromatic N) is 2. The van der Waals surface area contributed by atoms with Gasteiger partial charge in [0.05, 0.1) is 13.2 Å². The second kappa shape index (κ2) is 10.3. The van der Waals surface area contributed by atoms with Crippen molar-refractivity contribution in [2.75, 3.05) is 53.0 Å². The summed E-state index contributed by atoms with van der Waals surface area (Å²) in [6.07, 6.45) is 0. The van der Waals surface area contributed by atoms with E-state index in [-0.39, 0.29) is 36.6 Å². The molecule has 1 aliphatic rings. The Bertz CT molecular complexity index is 593. The van der Waals surface area contributed by atoms with E-state index in [9.17, 15) is 14.0 Å². The Kier molecular flexibility index (Phi) is 8.82. The minimum Gasteiger partial charge on any atom is -0.383 e. The number of piperazine rings is 1. The smallest absolute Gasteiger partial charge is 0.254 e.